The average Bonchev–Trinajstić information content (AvgIpc) is 2.39. The number of para-hydroxylation sites is 1. The van der Waals surface area contributed by atoms with Crippen LogP contribution in [0, 0.1) is 0 Å². The Morgan fingerprint density at radius 2 is 1.88 bits per heavy atom. The molecule has 2 heteroatoms. The third-order valence-corrected chi connectivity index (χ3v) is 2.90. The van der Waals surface area contributed by atoms with Gasteiger partial charge in [-0.15, -0.1) is 0 Å². The highest BCUT2D eigenvalue weighted by Crippen LogP contribution is 2.24. The molecule has 0 amide bonds. The lowest BCUT2D eigenvalue weighted by Gasteiger charge is -2.05. The highest BCUT2D eigenvalue weighted by Gasteiger charge is 2.12. The molecule has 0 aliphatic heterocycles. The van der Waals surface area contributed by atoms with Crippen molar-refractivity contribution in [1.29, 1.82) is 0 Å². The van der Waals surface area contributed by atoms with Gasteiger partial charge in [-0.2, -0.15) is 4.40 Å². The van der Waals surface area contributed by atoms with Crippen LogP contribution in [-0.4, -0.2) is 6.61 Å². The van der Waals surface area contributed by atoms with Gasteiger partial charge in [-0.3, -0.25) is 0 Å². The Balaban J connectivity index is 2.45. The number of rotatable bonds is 2. The molecule has 2 nitrogen and oxygen atoms in total. The van der Waals surface area contributed by atoms with Gasteiger partial charge < -0.3 is 4.74 Å². The van der Waals surface area contributed by atoms with Gasteiger partial charge >= 0.3 is 0 Å². The molecular weight excluding hydrogens is 210 g/mol. The van der Waals surface area contributed by atoms with Gasteiger partial charge in [0.15, 0.2) is 6.20 Å². The fourth-order valence-corrected chi connectivity index (χ4v) is 2.17. The monoisotopic (exact) mass is 224 g/mol. The fraction of sp³-hybridized carbons (Fsp3) is 0.133. The Morgan fingerprint density at radius 1 is 1.06 bits per heavy atom. The van der Waals surface area contributed by atoms with Crippen molar-refractivity contribution in [3.63, 3.8) is 0 Å². The lowest BCUT2D eigenvalue weighted by atomic mass is 10.1. The van der Waals surface area contributed by atoms with Crippen molar-refractivity contribution < 1.29 is 9.14 Å². The zero-order chi connectivity index (χ0) is 11.7. The largest absolute Gasteiger partial charge is 0.493 e. The van der Waals surface area contributed by atoms with Gasteiger partial charge in [0, 0.05) is 18.2 Å². The van der Waals surface area contributed by atoms with Crippen molar-refractivity contribution >= 4 is 16.4 Å². The Labute approximate surface area is 100 Å². The van der Waals surface area contributed by atoms with E-state index in [1.54, 1.807) is 0 Å². The fourth-order valence-electron chi connectivity index (χ4n) is 2.17. The number of nitrogens with zero attached hydrogens (tertiary/aromatic N) is 1. The standard InChI is InChI=1S/C15H14NO/c1-2-17-15-11-12-7-5-6-10-16(12)14-9-4-3-8-13(14)15/h3-11H,2H2,1H3/q+1. The number of ether oxygens (including phenoxy) is 1. The lowest BCUT2D eigenvalue weighted by molar-refractivity contribution is -0.481. The van der Waals surface area contributed by atoms with Crippen LogP contribution in [0.3, 0.4) is 0 Å². The van der Waals surface area contributed by atoms with Crippen molar-refractivity contribution in [3.8, 4) is 5.75 Å². The predicted octanol–water partition coefficient (Wildman–Crippen LogP) is 2.98. The van der Waals surface area contributed by atoms with E-state index in [0.29, 0.717) is 6.61 Å². The van der Waals surface area contributed by atoms with E-state index in [4.69, 9.17) is 4.74 Å². The van der Waals surface area contributed by atoms with Crippen LogP contribution in [0.5, 0.6) is 5.75 Å². The summed E-state index contributed by atoms with van der Waals surface area (Å²) in [7, 11) is 0. The minimum absolute atomic E-state index is 0.688. The summed E-state index contributed by atoms with van der Waals surface area (Å²) in [6.45, 7) is 2.70. The van der Waals surface area contributed by atoms with Crippen LogP contribution in [0.2, 0.25) is 0 Å². The molecule has 1 aromatic carbocycles. The van der Waals surface area contributed by atoms with Gasteiger partial charge in [-0.1, -0.05) is 12.1 Å². The average molecular weight is 224 g/mol. The molecule has 0 saturated heterocycles. The van der Waals surface area contributed by atoms with Crippen molar-refractivity contribution in [3.05, 3.63) is 54.7 Å². The zero-order valence-electron chi connectivity index (χ0n) is 9.76. The minimum atomic E-state index is 0.688. The first-order valence-electron chi connectivity index (χ1n) is 5.85. The predicted molar refractivity (Wildman–Crippen MR) is 68.3 cm³/mol. The third-order valence-electron chi connectivity index (χ3n) is 2.90. The summed E-state index contributed by atoms with van der Waals surface area (Å²) in [5.41, 5.74) is 2.32. The maximum Gasteiger partial charge on any atom is 0.222 e. The van der Waals surface area contributed by atoms with Crippen LogP contribution in [0.25, 0.3) is 16.4 Å². The molecule has 0 aliphatic carbocycles. The summed E-state index contributed by atoms with van der Waals surface area (Å²) in [5, 5.41) is 1.15. The van der Waals surface area contributed by atoms with Crippen molar-refractivity contribution in [2.75, 3.05) is 6.61 Å². The summed E-state index contributed by atoms with van der Waals surface area (Å²) in [5.74, 6) is 0.953. The molecule has 2 aromatic heterocycles. The van der Waals surface area contributed by atoms with Gasteiger partial charge in [-0.25, -0.2) is 0 Å². The second-order valence-electron chi connectivity index (χ2n) is 3.95. The second-order valence-corrected chi connectivity index (χ2v) is 3.95. The number of fused-ring (bicyclic) bond motifs is 3. The van der Waals surface area contributed by atoms with Crippen molar-refractivity contribution in [1.82, 2.24) is 0 Å². The molecule has 0 radical (unpaired) electrons. The SMILES string of the molecule is CCOc1cc2cccc[n+]2c2ccccc12. The van der Waals surface area contributed by atoms with Crippen molar-refractivity contribution in [2.24, 2.45) is 0 Å². The van der Waals surface area contributed by atoms with Gasteiger partial charge in [0.05, 0.1) is 18.1 Å². The normalized spacial score (nSPS) is 10.9. The molecule has 84 valence electrons. The van der Waals surface area contributed by atoms with Crippen LogP contribution in [0.15, 0.2) is 54.7 Å². The Bertz CT molecular complexity index is 676. The summed E-state index contributed by atoms with van der Waals surface area (Å²) in [4.78, 5) is 0. The first-order valence-corrected chi connectivity index (χ1v) is 5.85. The number of hydrogen-bond donors (Lipinski definition) is 0. The van der Waals surface area contributed by atoms with E-state index in [0.717, 1.165) is 16.7 Å². The van der Waals surface area contributed by atoms with E-state index in [9.17, 15) is 0 Å². The smallest absolute Gasteiger partial charge is 0.222 e. The summed E-state index contributed by atoms with van der Waals surface area (Å²) in [6, 6.07) is 16.6. The molecule has 17 heavy (non-hydrogen) atoms. The molecule has 0 fully saturated rings. The van der Waals surface area contributed by atoms with E-state index >= 15 is 0 Å². The molecule has 0 atom stereocenters. The molecule has 0 spiro atoms. The first-order chi connectivity index (χ1) is 8.40. The Hall–Kier alpha value is -2.09. The van der Waals surface area contributed by atoms with Crippen LogP contribution in [-0.2, 0) is 0 Å². The molecule has 0 bridgehead atoms. The van der Waals surface area contributed by atoms with Gasteiger partial charge in [-0.05, 0) is 19.1 Å². The van der Waals surface area contributed by atoms with Crippen LogP contribution < -0.4 is 9.14 Å². The van der Waals surface area contributed by atoms with Gasteiger partial charge in [0.25, 0.3) is 0 Å². The van der Waals surface area contributed by atoms with E-state index in [1.165, 1.54) is 5.52 Å². The Kier molecular flexibility index (Phi) is 2.41. The summed E-state index contributed by atoms with van der Waals surface area (Å²) >= 11 is 0. The molecule has 0 aliphatic rings. The highest BCUT2D eigenvalue weighted by molar-refractivity contribution is 5.84. The van der Waals surface area contributed by atoms with E-state index < -0.39 is 0 Å². The van der Waals surface area contributed by atoms with Crippen LogP contribution in [0.4, 0.5) is 0 Å². The van der Waals surface area contributed by atoms with Crippen LogP contribution in [0.1, 0.15) is 6.92 Å². The highest BCUT2D eigenvalue weighted by atomic mass is 16.5. The lowest BCUT2D eigenvalue weighted by Crippen LogP contribution is -2.22. The van der Waals surface area contributed by atoms with Gasteiger partial charge in [0.1, 0.15) is 5.75 Å². The number of aromatic nitrogens is 1. The zero-order valence-corrected chi connectivity index (χ0v) is 9.76. The maximum atomic E-state index is 5.71. The molecule has 3 rings (SSSR count). The number of pyridine rings is 2. The van der Waals surface area contributed by atoms with Crippen molar-refractivity contribution in [2.45, 2.75) is 6.92 Å². The summed E-state index contributed by atoms with van der Waals surface area (Å²) in [6.07, 6.45) is 2.08. The maximum absolute atomic E-state index is 5.71. The minimum Gasteiger partial charge on any atom is -0.493 e. The first kappa shape index (κ1) is 10.1. The molecule has 0 unspecified atom stereocenters. The molecule has 3 aromatic rings. The summed E-state index contributed by atoms with van der Waals surface area (Å²) < 4.78 is 7.89. The van der Waals surface area contributed by atoms with E-state index in [-0.39, 0.29) is 0 Å². The number of benzene rings is 1. The van der Waals surface area contributed by atoms with E-state index in [2.05, 4.69) is 40.9 Å². The molecule has 0 saturated carbocycles. The molecule has 0 N–H and O–H groups in total. The van der Waals surface area contributed by atoms with E-state index in [1.807, 2.05) is 25.1 Å². The Morgan fingerprint density at radius 3 is 2.76 bits per heavy atom. The molecular formula is C15H14NO+. The van der Waals surface area contributed by atoms with Gasteiger partial charge in [0.2, 0.25) is 11.0 Å². The quantitative estimate of drug-likeness (QED) is 0.482. The molecule has 2 heterocycles. The topological polar surface area (TPSA) is 13.3 Å². The number of hydrogen-bond acceptors (Lipinski definition) is 1. The second kappa shape index (κ2) is 4.06. The van der Waals surface area contributed by atoms with Crippen LogP contribution >= 0.6 is 0 Å². The third kappa shape index (κ3) is 1.62.